The van der Waals surface area contributed by atoms with E-state index in [-0.39, 0.29) is 23.8 Å². The highest BCUT2D eigenvalue weighted by Crippen LogP contribution is 2.40. The first-order chi connectivity index (χ1) is 16.1. The summed E-state index contributed by atoms with van der Waals surface area (Å²) >= 11 is 0. The Labute approximate surface area is 193 Å². The molecule has 1 saturated heterocycles. The summed E-state index contributed by atoms with van der Waals surface area (Å²) in [7, 11) is 0. The molecule has 33 heavy (non-hydrogen) atoms. The molecule has 4 aliphatic heterocycles. The van der Waals surface area contributed by atoms with Crippen LogP contribution >= 0.6 is 0 Å². The predicted molar refractivity (Wildman–Crippen MR) is 125 cm³/mol. The highest BCUT2D eigenvalue weighted by atomic mass is 16.5. The van der Waals surface area contributed by atoms with Crippen LogP contribution in [0.25, 0.3) is 0 Å². The lowest BCUT2D eigenvalue weighted by Crippen LogP contribution is -2.37. The van der Waals surface area contributed by atoms with Crippen molar-refractivity contribution >= 4 is 23.3 Å². The van der Waals surface area contributed by atoms with E-state index in [1.54, 1.807) is 13.0 Å². The van der Waals surface area contributed by atoms with Gasteiger partial charge in [-0.25, -0.2) is 0 Å². The Morgan fingerprint density at radius 3 is 2.82 bits per heavy atom. The Morgan fingerprint density at radius 1 is 1.21 bits per heavy atom. The van der Waals surface area contributed by atoms with Gasteiger partial charge in [-0.1, -0.05) is 18.2 Å². The summed E-state index contributed by atoms with van der Waals surface area (Å²) in [6.07, 6.45) is 6.63. The maximum absolute atomic E-state index is 12.1. The molecule has 5 heterocycles. The van der Waals surface area contributed by atoms with Crippen molar-refractivity contribution < 1.29 is 14.6 Å². The number of aryl methyl sites for hydroxylation is 1. The van der Waals surface area contributed by atoms with E-state index in [9.17, 15) is 9.90 Å². The Balaban J connectivity index is 1.37. The van der Waals surface area contributed by atoms with Crippen molar-refractivity contribution in [3.05, 3.63) is 52.7 Å². The monoisotopic (exact) mass is 447 g/mol. The lowest BCUT2D eigenvalue weighted by Gasteiger charge is -2.33. The molecule has 1 amide bonds. The number of carbonyl (C=O) groups is 1. The SMILES string of the molecule is CC(=O)N1CCc2c(c(N3CCCc4cc(C5C=CC(O)=NC5)ccc43)nn2C2COC2)C1. The average Bonchev–Trinajstić information content (AvgIpc) is 3.16. The molecule has 1 fully saturated rings. The minimum absolute atomic E-state index is 0.104. The zero-order chi connectivity index (χ0) is 22.5. The molecule has 8 heteroatoms. The molecule has 1 N–H and O–H groups in total. The number of aliphatic hydroxyl groups excluding tert-OH is 1. The van der Waals surface area contributed by atoms with Crippen LogP contribution in [0.2, 0.25) is 0 Å². The van der Waals surface area contributed by atoms with Crippen LogP contribution in [0, 0.1) is 0 Å². The number of amides is 1. The van der Waals surface area contributed by atoms with Gasteiger partial charge in [0.25, 0.3) is 0 Å². The Kier molecular flexibility index (Phi) is 4.98. The van der Waals surface area contributed by atoms with E-state index in [1.807, 2.05) is 11.0 Å². The summed E-state index contributed by atoms with van der Waals surface area (Å²) in [6.45, 7) is 5.91. The third-order valence-electron chi connectivity index (χ3n) is 7.31. The van der Waals surface area contributed by atoms with Gasteiger partial charge in [-0.3, -0.25) is 14.5 Å². The van der Waals surface area contributed by atoms with Gasteiger partial charge in [0.05, 0.1) is 32.3 Å². The zero-order valence-corrected chi connectivity index (χ0v) is 18.9. The number of ether oxygens (including phenoxy) is 1. The molecule has 6 rings (SSSR count). The fourth-order valence-corrected chi connectivity index (χ4v) is 5.37. The minimum atomic E-state index is 0.104. The third kappa shape index (κ3) is 3.53. The normalized spacial score (nSPS) is 22.5. The van der Waals surface area contributed by atoms with Crippen LogP contribution in [0.5, 0.6) is 0 Å². The van der Waals surface area contributed by atoms with Crippen molar-refractivity contribution in [3.63, 3.8) is 0 Å². The van der Waals surface area contributed by atoms with Gasteiger partial charge < -0.3 is 19.6 Å². The molecule has 0 radical (unpaired) electrons. The maximum atomic E-state index is 12.1. The summed E-state index contributed by atoms with van der Waals surface area (Å²) in [5.74, 6) is 1.40. The summed E-state index contributed by atoms with van der Waals surface area (Å²) < 4.78 is 7.63. The molecule has 0 aliphatic carbocycles. The topological polar surface area (TPSA) is 83.2 Å². The van der Waals surface area contributed by atoms with E-state index in [4.69, 9.17) is 9.84 Å². The third-order valence-corrected chi connectivity index (χ3v) is 7.31. The van der Waals surface area contributed by atoms with Gasteiger partial charge >= 0.3 is 0 Å². The molecule has 0 spiro atoms. The van der Waals surface area contributed by atoms with E-state index < -0.39 is 0 Å². The zero-order valence-electron chi connectivity index (χ0n) is 18.9. The summed E-state index contributed by atoms with van der Waals surface area (Å²) in [5.41, 5.74) is 6.18. The number of aliphatic imine (C=N–C) groups is 1. The van der Waals surface area contributed by atoms with Crippen molar-refractivity contribution in [1.82, 2.24) is 14.7 Å². The van der Waals surface area contributed by atoms with E-state index in [2.05, 4.69) is 32.8 Å². The highest BCUT2D eigenvalue weighted by Gasteiger charge is 2.34. The number of rotatable bonds is 3. The number of dihydropyridines is 1. The molecule has 8 nitrogen and oxygen atoms in total. The van der Waals surface area contributed by atoms with Crippen molar-refractivity contribution in [2.24, 2.45) is 4.99 Å². The summed E-state index contributed by atoms with van der Waals surface area (Å²) in [6, 6.07) is 6.96. The van der Waals surface area contributed by atoms with E-state index in [0.717, 1.165) is 38.2 Å². The number of carbonyl (C=O) groups excluding carboxylic acids is 1. The van der Waals surface area contributed by atoms with E-state index >= 15 is 0 Å². The average molecular weight is 448 g/mol. The van der Waals surface area contributed by atoms with Crippen molar-refractivity contribution in [1.29, 1.82) is 0 Å². The first-order valence-electron chi connectivity index (χ1n) is 11.8. The minimum Gasteiger partial charge on any atom is -0.494 e. The second-order valence-electron chi connectivity index (χ2n) is 9.38. The van der Waals surface area contributed by atoms with Crippen LogP contribution in [0.1, 0.15) is 47.7 Å². The standard InChI is InChI=1S/C25H29N5O3/c1-16(31)28-10-8-23-21(13-28)25(27-30(23)20-14-33-15-20)29-9-2-3-18-11-17(4-6-22(18)29)19-5-7-24(32)26-12-19/h4-7,11,19-20H,2-3,8-10,12-15H2,1H3,(H,26,32). The van der Waals surface area contributed by atoms with Crippen LogP contribution in [0.3, 0.4) is 0 Å². The number of aromatic nitrogens is 2. The van der Waals surface area contributed by atoms with Gasteiger partial charge in [-0.05, 0) is 36.1 Å². The van der Waals surface area contributed by atoms with Gasteiger partial charge in [0.1, 0.15) is 0 Å². The molecular formula is C25H29N5O3. The van der Waals surface area contributed by atoms with Crippen LogP contribution in [0.15, 0.2) is 35.3 Å². The van der Waals surface area contributed by atoms with Gasteiger partial charge in [0, 0.05) is 49.3 Å². The molecule has 1 aromatic heterocycles. The van der Waals surface area contributed by atoms with E-state index in [0.29, 0.717) is 26.3 Å². The summed E-state index contributed by atoms with van der Waals surface area (Å²) in [4.78, 5) is 20.6. The largest absolute Gasteiger partial charge is 0.494 e. The van der Waals surface area contributed by atoms with Crippen LogP contribution in [-0.4, -0.2) is 64.4 Å². The lowest BCUT2D eigenvalue weighted by molar-refractivity contribution is -0.129. The van der Waals surface area contributed by atoms with Gasteiger partial charge in [0.15, 0.2) is 5.82 Å². The van der Waals surface area contributed by atoms with Crippen molar-refractivity contribution in [2.75, 3.05) is 37.7 Å². The van der Waals surface area contributed by atoms with Gasteiger partial charge in [-0.2, -0.15) is 5.10 Å². The molecule has 2 aromatic rings. The molecule has 172 valence electrons. The number of anilines is 2. The second kappa shape index (κ2) is 8.02. The lowest BCUT2D eigenvalue weighted by atomic mass is 9.91. The molecule has 1 aromatic carbocycles. The van der Waals surface area contributed by atoms with Gasteiger partial charge in [-0.15, -0.1) is 0 Å². The Bertz CT molecular complexity index is 1160. The second-order valence-corrected chi connectivity index (χ2v) is 9.38. The van der Waals surface area contributed by atoms with Gasteiger partial charge in [0.2, 0.25) is 11.8 Å². The number of hydrogen-bond acceptors (Lipinski definition) is 5. The first kappa shape index (κ1) is 20.5. The number of nitrogens with zero attached hydrogens (tertiary/aromatic N) is 5. The predicted octanol–water partition coefficient (Wildman–Crippen LogP) is 3.05. The van der Waals surface area contributed by atoms with Crippen LogP contribution < -0.4 is 4.90 Å². The first-order valence-corrected chi connectivity index (χ1v) is 11.8. The smallest absolute Gasteiger partial charge is 0.219 e. The Morgan fingerprint density at radius 2 is 2.09 bits per heavy atom. The number of hydrogen-bond donors (Lipinski definition) is 1. The number of benzene rings is 1. The van der Waals surface area contributed by atoms with Crippen molar-refractivity contribution in [2.45, 2.75) is 44.7 Å². The Hall–Kier alpha value is -3.13. The fraction of sp³-hybridized carbons (Fsp3) is 0.480. The van der Waals surface area contributed by atoms with Crippen molar-refractivity contribution in [3.8, 4) is 0 Å². The quantitative estimate of drug-likeness (QED) is 0.782. The van der Waals surface area contributed by atoms with E-state index in [1.165, 1.54) is 28.1 Å². The molecule has 0 saturated carbocycles. The number of fused-ring (bicyclic) bond motifs is 2. The van der Waals surface area contributed by atoms with Crippen LogP contribution in [-0.2, 0) is 28.9 Å². The van der Waals surface area contributed by atoms with Crippen LogP contribution in [0.4, 0.5) is 11.5 Å². The number of aliphatic hydroxyl groups is 1. The molecule has 4 aliphatic rings. The fourth-order valence-electron chi connectivity index (χ4n) is 5.37. The highest BCUT2D eigenvalue weighted by molar-refractivity contribution is 5.86. The molecule has 1 unspecified atom stereocenters. The summed E-state index contributed by atoms with van der Waals surface area (Å²) in [5, 5.41) is 14.7. The molecule has 1 atom stereocenters. The molecular weight excluding hydrogens is 418 g/mol. The maximum Gasteiger partial charge on any atom is 0.219 e. The molecule has 0 bridgehead atoms.